The van der Waals surface area contributed by atoms with Crippen molar-refractivity contribution in [1.82, 2.24) is 0 Å². The quantitative estimate of drug-likeness (QED) is 0.133. The molecule has 0 saturated heterocycles. The standard InChI is InChI=1S/C25H48O5S2/c1-4-5-6-7-8-11-16-29-24(27)14-18-31-20-23(26)21-32-19-15-25(28)30-17-12-9-10-13-22(2)3/h22-23,26H,4-21H2,1-3H3. The first-order chi connectivity index (χ1) is 15.5. The molecule has 0 aromatic heterocycles. The molecule has 0 radical (unpaired) electrons. The van der Waals surface area contributed by atoms with E-state index in [4.69, 9.17) is 9.47 Å². The smallest absolute Gasteiger partial charge is 0.306 e. The second-order valence-electron chi connectivity index (χ2n) is 8.76. The van der Waals surface area contributed by atoms with E-state index in [-0.39, 0.29) is 11.9 Å². The highest BCUT2D eigenvalue weighted by Gasteiger charge is 2.09. The zero-order chi connectivity index (χ0) is 23.9. The van der Waals surface area contributed by atoms with E-state index in [0.29, 0.717) is 49.1 Å². The highest BCUT2D eigenvalue weighted by atomic mass is 32.2. The molecule has 0 aromatic rings. The Morgan fingerprint density at radius 3 is 1.72 bits per heavy atom. The van der Waals surface area contributed by atoms with Gasteiger partial charge in [0.15, 0.2) is 0 Å². The Kier molecular flexibility index (Phi) is 23.5. The molecule has 0 bridgehead atoms. The van der Waals surface area contributed by atoms with Crippen LogP contribution in [-0.2, 0) is 19.1 Å². The molecule has 190 valence electrons. The van der Waals surface area contributed by atoms with Crippen LogP contribution >= 0.6 is 23.5 Å². The Morgan fingerprint density at radius 2 is 1.22 bits per heavy atom. The average Bonchev–Trinajstić information content (AvgIpc) is 2.76. The van der Waals surface area contributed by atoms with Crippen LogP contribution in [0.2, 0.25) is 0 Å². The van der Waals surface area contributed by atoms with Gasteiger partial charge in [0.25, 0.3) is 0 Å². The lowest BCUT2D eigenvalue weighted by molar-refractivity contribution is -0.144. The molecule has 1 unspecified atom stereocenters. The van der Waals surface area contributed by atoms with Crippen molar-refractivity contribution in [2.75, 3.05) is 36.2 Å². The van der Waals surface area contributed by atoms with Crippen molar-refractivity contribution in [2.45, 2.75) is 104 Å². The van der Waals surface area contributed by atoms with E-state index in [0.717, 1.165) is 31.6 Å². The van der Waals surface area contributed by atoms with Gasteiger partial charge in [0, 0.05) is 23.0 Å². The molecule has 1 atom stereocenters. The van der Waals surface area contributed by atoms with E-state index in [2.05, 4.69) is 20.8 Å². The van der Waals surface area contributed by atoms with Crippen LogP contribution in [0.4, 0.5) is 0 Å². The number of hydrogen-bond donors (Lipinski definition) is 1. The third-order valence-electron chi connectivity index (χ3n) is 4.97. The molecule has 0 aliphatic carbocycles. The zero-order valence-corrected chi connectivity index (χ0v) is 22.4. The van der Waals surface area contributed by atoms with Gasteiger partial charge in [0.05, 0.1) is 32.2 Å². The second-order valence-corrected chi connectivity index (χ2v) is 11.1. The summed E-state index contributed by atoms with van der Waals surface area (Å²) >= 11 is 3.14. The van der Waals surface area contributed by atoms with Gasteiger partial charge in [0.1, 0.15) is 0 Å². The van der Waals surface area contributed by atoms with Crippen LogP contribution in [-0.4, -0.2) is 59.4 Å². The Morgan fingerprint density at radius 1 is 0.750 bits per heavy atom. The largest absolute Gasteiger partial charge is 0.466 e. The van der Waals surface area contributed by atoms with Gasteiger partial charge in [-0.1, -0.05) is 72.1 Å². The Labute approximate surface area is 205 Å². The number of carbonyl (C=O) groups is 2. The lowest BCUT2D eigenvalue weighted by Crippen LogP contribution is -2.15. The topological polar surface area (TPSA) is 72.8 Å². The monoisotopic (exact) mass is 492 g/mol. The minimum Gasteiger partial charge on any atom is -0.466 e. The second kappa shape index (κ2) is 23.7. The van der Waals surface area contributed by atoms with Gasteiger partial charge in [-0.15, -0.1) is 0 Å². The summed E-state index contributed by atoms with van der Waals surface area (Å²) in [6.07, 6.45) is 11.9. The number of unbranched alkanes of at least 4 members (excludes halogenated alkanes) is 7. The minimum absolute atomic E-state index is 0.145. The van der Waals surface area contributed by atoms with Crippen molar-refractivity contribution in [3.05, 3.63) is 0 Å². The molecule has 0 saturated carbocycles. The number of ether oxygens (including phenoxy) is 2. The van der Waals surface area contributed by atoms with Crippen LogP contribution in [0.15, 0.2) is 0 Å². The van der Waals surface area contributed by atoms with E-state index in [1.807, 2.05) is 0 Å². The molecule has 7 heteroatoms. The summed E-state index contributed by atoms with van der Waals surface area (Å²) in [6, 6.07) is 0. The fraction of sp³-hybridized carbons (Fsp3) is 0.920. The third kappa shape index (κ3) is 24.2. The first-order valence-electron chi connectivity index (χ1n) is 12.6. The highest BCUT2D eigenvalue weighted by Crippen LogP contribution is 2.12. The molecule has 32 heavy (non-hydrogen) atoms. The highest BCUT2D eigenvalue weighted by molar-refractivity contribution is 8.00. The van der Waals surface area contributed by atoms with Crippen LogP contribution in [0.1, 0.15) is 97.8 Å². The average molecular weight is 493 g/mol. The van der Waals surface area contributed by atoms with Gasteiger partial charge in [-0.3, -0.25) is 9.59 Å². The Balaban J connectivity index is 3.42. The molecule has 0 aliphatic rings. The molecule has 0 rings (SSSR count). The number of hydrogen-bond acceptors (Lipinski definition) is 7. The number of carbonyl (C=O) groups excluding carboxylic acids is 2. The summed E-state index contributed by atoms with van der Waals surface area (Å²) in [5.74, 6) is 2.97. The number of aliphatic hydroxyl groups excluding tert-OH is 1. The molecule has 0 amide bonds. The summed E-state index contributed by atoms with van der Waals surface area (Å²) in [6.45, 7) is 7.69. The van der Waals surface area contributed by atoms with Gasteiger partial charge in [-0.05, 0) is 18.8 Å². The molecule has 1 N–H and O–H groups in total. The summed E-state index contributed by atoms with van der Waals surface area (Å²) in [7, 11) is 0. The van der Waals surface area contributed by atoms with Gasteiger partial charge in [0.2, 0.25) is 0 Å². The van der Waals surface area contributed by atoms with Crippen LogP contribution in [0.5, 0.6) is 0 Å². The van der Waals surface area contributed by atoms with Crippen molar-refractivity contribution in [1.29, 1.82) is 0 Å². The van der Waals surface area contributed by atoms with Crippen LogP contribution in [0, 0.1) is 5.92 Å². The number of aliphatic hydroxyl groups is 1. The van der Waals surface area contributed by atoms with Crippen molar-refractivity contribution < 1.29 is 24.2 Å². The van der Waals surface area contributed by atoms with E-state index < -0.39 is 6.10 Å². The summed E-state index contributed by atoms with van der Waals surface area (Å²) in [5.41, 5.74) is 0. The summed E-state index contributed by atoms with van der Waals surface area (Å²) in [4.78, 5) is 23.4. The summed E-state index contributed by atoms with van der Waals surface area (Å²) < 4.78 is 10.5. The number of rotatable bonds is 23. The maximum absolute atomic E-state index is 11.7. The SMILES string of the molecule is CCCCCCCCOC(=O)CCSCC(O)CSCCC(=O)OCCCCCC(C)C. The lowest BCUT2D eigenvalue weighted by Gasteiger charge is -2.10. The predicted molar refractivity (Wildman–Crippen MR) is 138 cm³/mol. The van der Waals surface area contributed by atoms with E-state index in [9.17, 15) is 14.7 Å². The molecule has 0 spiro atoms. The van der Waals surface area contributed by atoms with Crippen LogP contribution in [0.25, 0.3) is 0 Å². The molecule has 0 aliphatic heterocycles. The normalized spacial score (nSPS) is 12.2. The van der Waals surface area contributed by atoms with Gasteiger partial charge < -0.3 is 14.6 Å². The fourth-order valence-corrected chi connectivity index (χ4v) is 4.91. The van der Waals surface area contributed by atoms with Gasteiger partial charge >= 0.3 is 11.9 Å². The maximum Gasteiger partial charge on any atom is 0.306 e. The van der Waals surface area contributed by atoms with Crippen molar-refractivity contribution in [2.24, 2.45) is 5.92 Å². The van der Waals surface area contributed by atoms with Crippen molar-refractivity contribution in [3.8, 4) is 0 Å². The van der Waals surface area contributed by atoms with Crippen molar-refractivity contribution >= 4 is 35.5 Å². The van der Waals surface area contributed by atoms with E-state index in [1.165, 1.54) is 38.5 Å². The van der Waals surface area contributed by atoms with Crippen LogP contribution < -0.4 is 0 Å². The van der Waals surface area contributed by atoms with Crippen molar-refractivity contribution in [3.63, 3.8) is 0 Å². The Hall–Kier alpha value is -0.400. The first-order valence-corrected chi connectivity index (χ1v) is 14.9. The number of thioether (sulfide) groups is 2. The first kappa shape index (κ1) is 31.6. The molecule has 5 nitrogen and oxygen atoms in total. The zero-order valence-electron chi connectivity index (χ0n) is 20.8. The molecule has 0 aromatic carbocycles. The van der Waals surface area contributed by atoms with Gasteiger partial charge in [-0.25, -0.2) is 0 Å². The van der Waals surface area contributed by atoms with Gasteiger partial charge in [-0.2, -0.15) is 23.5 Å². The summed E-state index contributed by atoms with van der Waals surface area (Å²) in [5, 5.41) is 10.0. The fourth-order valence-electron chi connectivity index (χ4n) is 3.03. The molecule has 0 heterocycles. The molecular formula is C25H48O5S2. The Bertz CT molecular complexity index is 446. The molecular weight excluding hydrogens is 444 g/mol. The van der Waals surface area contributed by atoms with E-state index in [1.54, 1.807) is 23.5 Å². The van der Waals surface area contributed by atoms with E-state index >= 15 is 0 Å². The lowest BCUT2D eigenvalue weighted by atomic mass is 10.1. The number of esters is 2. The molecule has 0 fully saturated rings. The predicted octanol–water partition coefficient (Wildman–Crippen LogP) is 6.26. The maximum atomic E-state index is 11.7. The van der Waals surface area contributed by atoms with Crippen LogP contribution in [0.3, 0.4) is 0 Å². The third-order valence-corrected chi connectivity index (χ3v) is 7.20. The minimum atomic E-state index is -0.430.